The Balaban J connectivity index is 1.87. The Morgan fingerprint density at radius 3 is 3.00 bits per heavy atom. The molecule has 0 aliphatic rings. The number of rotatable bonds is 3. The van der Waals surface area contributed by atoms with Crippen LogP contribution in [0.2, 0.25) is 0 Å². The zero-order valence-electron chi connectivity index (χ0n) is 10.3. The van der Waals surface area contributed by atoms with Crippen molar-refractivity contribution in [2.45, 2.75) is 13.3 Å². The third-order valence-corrected chi connectivity index (χ3v) is 4.77. The molecule has 19 heavy (non-hydrogen) atoms. The molecular weight excluding hydrogens is 276 g/mol. The van der Waals surface area contributed by atoms with Gasteiger partial charge in [0.15, 0.2) is 0 Å². The number of aromatic nitrogens is 1. The number of carbonyl (C=O) groups excluding carboxylic acids is 1. The normalized spacial score (nSPS) is 10.8. The highest BCUT2D eigenvalue weighted by Gasteiger charge is 2.08. The molecule has 3 nitrogen and oxygen atoms in total. The lowest BCUT2D eigenvalue weighted by atomic mass is 10.3. The number of hydrogen-bond donors (Lipinski definition) is 1. The van der Waals surface area contributed by atoms with Gasteiger partial charge in [-0.3, -0.25) is 4.79 Å². The van der Waals surface area contributed by atoms with Crippen LogP contribution < -0.4 is 5.32 Å². The molecule has 5 heteroatoms. The summed E-state index contributed by atoms with van der Waals surface area (Å²) < 4.78 is 1.11. The van der Waals surface area contributed by atoms with E-state index in [0.29, 0.717) is 0 Å². The standard InChI is InChI=1S/C14H12N2OS2/c1-2-13-16-10-6-5-9(8-12(10)19-13)15-14(17)11-4-3-7-18-11/h3-8H,2H2,1H3,(H,15,17). The average molecular weight is 288 g/mol. The molecule has 0 aliphatic heterocycles. The van der Waals surface area contributed by atoms with Gasteiger partial charge in [0.2, 0.25) is 0 Å². The molecule has 3 aromatic rings. The smallest absolute Gasteiger partial charge is 0.265 e. The first-order valence-corrected chi connectivity index (χ1v) is 7.70. The van der Waals surface area contributed by atoms with Gasteiger partial charge in [0.25, 0.3) is 5.91 Å². The monoisotopic (exact) mass is 288 g/mol. The highest BCUT2D eigenvalue weighted by Crippen LogP contribution is 2.26. The second kappa shape index (κ2) is 5.11. The molecular formula is C14H12N2OS2. The van der Waals surface area contributed by atoms with E-state index in [0.717, 1.165) is 32.2 Å². The maximum Gasteiger partial charge on any atom is 0.265 e. The predicted molar refractivity (Wildman–Crippen MR) is 81.3 cm³/mol. The number of thiophene rings is 1. The number of nitrogens with one attached hydrogen (secondary N) is 1. The third kappa shape index (κ3) is 2.52. The minimum absolute atomic E-state index is 0.0606. The SMILES string of the molecule is CCc1nc2ccc(NC(=O)c3cccs3)cc2s1. The van der Waals surface area contributed by atoms with Crippen molar-refractivity contribution < 1.29 is 4.79 Å². The van der Waals surface area contributed by atoms with Crippen LogP contribution in [-0.4, -0.2) is 10.9 Å². The molecule has 0 spiro atoms. The number of aryl methyl sites for hydroxylation is 1. The van der Waals surface area contributed by atoms with E-state index in [2.05, 4.69) is 17.2 Å². The number of nitrogens with zero attached hydrogens (tertiary/aromatic N) is 1. The maximum atomic E-state index is 12.0. The van der Waals surface area contributed by atoms with Crippen molar-refractivity contribution in [1.29, 1.82) is 0 Å². The van der Waals surface area contributed by atoms with Gasteiger partial charge < -0.3 is 5.32 Å². The highest BCUT2D eigenvalue weighted by molar-refractivity contribution is 7.18. The first-order valence-electron chi connectivity index (χ1n) is 6.00. The van der Waals surface area contributed by atoms with Crippen molar-refractivity contribution >= 4 is 44.5 Å². The Hall–Kier alpha value is -1.72. The molecule has 0 fully saturated rings. The summed E-state index contributed by atoms with van der Waals surface area (Å²) >= 11 is 3.12. The molecule has 2 aromatic heterocycles. The van der Waals surface area contributed by atoms with Gasteiger partial charge in [0.1, 0.15) is 0 Å². The van der Waals surface area contributed by atoms with Crippen molar-refractivity contribution in [3.05, 3.63) is 45.6 Å². The fraction of sp³-hybridized carbons (Fsp3) is 0.143. The Bertz CT molecular complexity index is 716. The van der Waals surface area contributed by atoms with E-state index in [-0.39, 0.29) is 5.91 Å². The molecule has 96 valence electrons. The van der Waals surface area contributed by atoms with Crippen LogP contribution in [0.5, 0.6) is 0 Å². The number of anilines is 1. The molecule has 1 N–H and O–H groups in total. The number of hydrogen-bond acceptors (Lipinski definition) is 4. The lowest BCUT2D eigenvalue weighted by Gasteiger charge is -2.02. The highest BCUT2D eigenvalue weighted by atomic mass is 32.1. The summed E-state index contributed by atoms with van der Waals surface area (Å²) in [5.41, 5.74) is 1.81. The largest absolute Gasteiger partial charge is 0.321 e. The van der Waals surface area contributed by atoms with E-state index in [9.17, 15) is 4.79 Å². The van der Waals surface area contributed by atoms with Crippen molar-refractivity contribution in [2.75, 3.05) is 5.32 Å². The molecule has 2 heterocycles. The van der Waals surface area contributed by atoms with Crippen LogP contribution in [0.25, 0.3) is 10.2 Å². The summed E-state index contributed by atoms with van der Waals surface area (Å²) in [5, 5.41) is 5.93. The van der Waals surface area contributed by atoms with E-state index >= 15 is 0 Å². The quantitative estimate of drug-likeness (QED) is 0.786. The molecule has 0 saturated carbocycles. The van der Waals surface area contributed by atoms with E-state index in [1.807, 2.05) is 35.7 Å². The van der Waals surface area contributed by atoms with Gasteiger partial charge in [-0.2, -0.15) is 0 Å². The summed E-state index contributed by atoms with van der Waals surface area (Å²) in [6, 6.07) is 9.53. The summed E-state index contributed by atoms with van der Waals surface area (Å²) in [4.78, 5) is 17.2. The van der Waals surface area contributed by atoms with Gasteiger partial charge in [-0.1, -0.05) is 13.0 Å². The van der Waals surface area contributed by atoms with Crippen molar-refractivity contribution in [2.24, 2.45) is 0 Å². The van der Waals surface area contributed by atoms with Gasteiger partial charge in [-0.05, 0) is 36.1 Å². The van der Waals surface area contributed by atoms with Gasteiger partial charge >= 0.3 is 0 Å². The van der Waals surface area contributed by atoms with Crippen LogP contribution in [0.1, 0.15) is 21.6 Å². The Labute approximate surface area is 118 Å². The van der Waals surface area contributed by atoms with Crippen LogP contribution in [0.3, 0.4) is 0 Å². The first kappa shape index (κ1) is 12.3. The second-order valence-corrected chi connectivity index (χ2v) is 6.14. The molecule has 0 radical (unpaired) electrons. The van der Waals surface area contributed by atoms with Crippen LogP contribution in [0, 0.1) is 0 Å². The van der Waals surface area contributed by atoms with E-state index in [4.69, 9.17) is 0 Å². The molecule has 0 atom stereocenters. The number of carbonyl (C=O) groups is 1. The Morgan fingerprint density at radius 1 is 1.37 bits per heavy atom. The van der Waals surface area contributed by atoms with Crippen molar-refractivity contribution in [1.82, 2.24) is 4.98 Å². The molecule has 1 amide bonds. The molecule has 3 rings (SSSR count). The fourth-order valence-corrected chi connectivity index (χ4v) is 3.37. The first-order chi connectivity index (χ1) is 9.26. The third-order valence-electron chi connectivity index (χ3n) is 2.74. The second-order valence-electron chi connectivity index (χ2n) is 4.08. The molecule has 0 aliphatic carbocycles. The zero-order chi connectivity index (χ0) is 13.2. The van der Waals surface area contributed by atoms with E-state index in [1.54, 1.807) is 11.3 Å². The molecule has 1 aromatic carbocycles. The number of amides is 1. The number of thiazole rings is 1. The van der Waals surface area contributed by atoms with Crippen molar-refractivity contribution in [3.63, 3.8) is 0 Å². The molecule has 0 bridgehead atoms. The van der Waals surface area contributed by atoms with Gasteiger partial charge in [0.05, 0.1) is 20.1 Å². The van der Waals surface area contributed by atoms with Crippen LogP contribution >= 0.6 is 22.7 Å². The Morgan fingerprint density at radius 2 is 2.26 bits per heavy atom. The van der Waals surface area contributed by atoms with E-state index < -0.39 is 0 Å². The minimum Gasteiger partial charge on any atom is -0.321 e. The van der Waals surface area contributed by atoms with Gasteiger partial charge in [0, 0.05) is 5.69 Å². The summed E-state index contributed by atoms with van der Waals surface area (Å²) in [6.45, 7) is 2.09. The number of fused-ring (bicyclic) bond motifs is 1. The van der Waals surface area contributed by atoms with E-state index in [1.165, 1.54) is 11.3 Å². The molecule has 0 unspecified atom stereocenters. The Kier molecular flexibility index (Phi) is 3.31. The predicted octanol–water partition coefficient (Wildman–Crippen LogP) is 4.17. The van der Waals surface area contributed by atoms with Gasteiger partial charge in [-0.25, -0.2) is 4.98 Å². The topological polar surface area (TPSA) is 42.0 Å². The summed E-state index contributed by atoms with van der Waals surface area (Å²) in [6.07, 6.45) is 0.941. The average Bonchev–Trinajstić information content (AvgIpc) is 3.07. The van der Waals surface area contributed by atoms with Crippen LogP contribution in [0.4, 0.5) is 5.69 Å². The van der Waals surface area contributed by atoms with Gasteiger partial charge in [-0.15, -0.1) is 22.7 Å². The number of benzene rings is 1. The fourth-order valence-electron chi connectivity index (χ4n) is 1.80. The maximum absolute atomic E-state index is 12.0. The zero-order valence-corrected chi connectivity index (χ0v) is 12.0. The lowest BCUT2D eigenvalue weighted by molar-refractivity contribution is 0.103. The summed E-state index contributed by atoms with van der Waals surface area (Å²) in [5.74, 6) is -0.0606. The van der Waals surface area contributed by atoms with Crippen LogP contribution in [0.15, 0.2) is 35.7 Å². The molecule has 0 saturated heterocycles. The minimum atomic E-state index is -0.0606. The summed E-state index contributed by atoms with van der Waals surface area (Å²) in [7, 11) is 0. The van der Waals surface area contributed by atoms with Crippen molar-refractivity contribution in [3.8, 4) is 0 Å². The van der Waals surface area contributed by atoms with Crippen LogP contribution in [-0.2, 0) is 6.42 Å². The lowest BCUT2D eigenvalue weighted by Crippen LogP contribution is -2.09.